The Morgan fingerprint density at radius 1 is 1.37 bits per heavy atom. The van der Waals surface area contributed by atoms with E-state index in [-0.39, 0.29) is 5.82 Å². The van der Waals surface area contributed by atoms with Gasteiger partial charge in [-0.05, 0) is 31.2 Å². The van der Waals surface area contributed by atoms with E-state index in [1.54, 1.807) is 23.5 Å². The second-order valence-corrected chi connectivity index (χ2v) is 5.55. The summed E-state index contributed by atoms with van der Waals surface area (Å²) in [5.74, 6) is -0.217. The van der Waals surface area contributed by atoms with Crippen LogP contribution in [0.4, 0.5) is 4.39 Å². The third-order valence-corrected chi connectivity index (χ3v) is 3.79. The van der Waals surface area contributed by atoms with Crippen LogP contribution in [-0.2, 0) is 6.42 Å². The predicted octanol–water partition coefficient (Wildman–Crippen LogP) is 3.58. The van der Waals surface area contributed by atoms with E-state index in [0.717, 1.165) is 35.8 Å². The van der Waals surface area contributed by atoms with Crippen molar-refractivity contribution in [2.24, 2.45) is 0 Å². The second kappa shape index (κ2) is 6.59. The standard InChI is InChI=1S/C15H17FN2S/c1-3-9-17-10-8-14-18-15(11(2)19-14)12-4-6-13(16)7-5-12/h3-7,17H,1,8-10H2,2H3. The minimum Gasteiger partial charge on any atom is -0.313 e. The van der Waals surface area contributed by atoms with Gasteiger partial charge in [0.05, 0.1) is 10.7 Å². The highest BCUT2D eigenvalue weighted by molar-refractivity contribution is 7.12. The van der Waals surface area contributed by atoms with Crippen LogP contribution in [0, 0.1) is 12.7 Å². The lowest BCUT2D eigenvalue weighted by atomic mass is 10.1. The molecule has 0 aliphatic carbocycles. The Bertz CT molecular complexity index is 546. The van der Waals surface area contributed by atoms with Crippen molar-refractivity contribution in [3.63, 3.8) is 0 Å². The zero-order valence-electron chi connectivity index (χ0n) is 10.9. The maximum Gasteiger partial charge on any atom is 0.123 e. The lowest BCUT2D eigenvalue weighted by Gasteiger charge is -1.99. The van der Waals surface area contributed by atoms with Gasteiger partial charge in [0, 0.05) is 30.0 Å². The summed E-state index contributed by atoms with van der Waals surface area (Å²) < 4.78 is 12.9. The molecule has 1 aromatic carbocycles. The smallest absolute Gasteiger partial charge is 0.123 e. The molecule has 1 heterocycles. The molecule has 0 radical (unpaired) electrons. The van der Waals surface area contributed by atoms with Crippen molar-refractivity contribution in [2.75, 3.05) is 13.1 Å². The maximum atomic E-state index is 12.9. The molecule has 0 aliphatic rings. The number of nitrogens with zero attached hydrogens (tertiary/aromatic N) is 1. The summed E-state index contributed by atoms with van der Waals surface area (Å²) in [6, 6.07) is 6.49. The van der Waals surface area contributed by atoms with Crippen LogP contribution in [0.15, 0.2) is 36.9 Å². The lowest BCUT2D eigenvalue weighted by Crippen LogP contribution is -2.16. The van der Waals surface area contributed by atoms with Crippen molar-refractivity contribution in [3.8, 4) is 11.3 Å². The minimum atomic E-state index is -0.217. The molecule has 19 heavy (non-hydrogen) atoms. The molecule has 0 saturated heterocycles. The van der Waals surface area contributed by atoms with Crippen LogP contribution in [0.5, 0.6) is 0 Å². The van der Waals surface area contributed by atoms with Crippen LogP contribution in [0.2, 0.25) is 0 Å². The molecule has 100 valence electrons. The Labute approximate surface area is 117 Å². The Morgan fingerprint density at radius 3 is 2.79 bits per heavy atom. The van der Waals surface area contributed by atoms with E-state index >= 15 is 0 Å². The minimum absolute atomic E-state index is 0.217. The highest BCUT2D eigenvalue weighted by Gasteiger charge is 2.09. The topological polar surface area (TPSA) is 24.9 Å². The Hall–Kier alpha value is -1.52. The molecule has 0 fully saturated rings. The lowest BCUT2D eigenvalue weighted by molar-refractivity contribution is 0.628. The molecule has 0 atom stereocenters. The molecule has 0 unspecified atom stereocenters. The first-order valence-electron chi connectivity index (χ1n) is 6.24. The number of thiazole rings is 1. The van der Waals surface area contributed by atoms with Crippen molar-refractivity contribution < 1.29 is 4.39 Å². The summed E-state index contributed by atoms with van der Waals surface area (Å²) in [5.41, 5.74) is 1.93. The summed E-state index contributed by atoms with van der Waals surface area (Å²) in [6.07, 6.45) is 2.75. The zero-order chi connectivity index (χ0) is 13.7. The van der Waals surface area contributed by atoms with Crippen molar-refractivity contribution in [3.05, 3.63) is 52.6 Å². The first-order valence-corrected chi connectivity index (χ1v) is 7.06. The molecule has 0 aliphatic heterocycles. The number of halogens is 1. The first-order chi connectivity index (χ1) is 9.20. The van der Waals surface area contributed by atoms with Gasteiger partial charge in [-0.2, -0.15) is 0 Å². The van der Waals surface area contributed by atoms with Gasteiger partial charge in [0.2, 0.25) is 0 Å². The molecule has 2 nitrogen and oxygen atoms in total. The van der Waals surface area contributed by atoms with Gasteiger partial charge in [-0.15, -0.1) is 17.9 Å². The molecule has 2 rings (SSSR count). The number of nitrogens with one attached hydrogen (secondary N) is 1. The molecule has 0 spiro atoms. The largest absolute Gasteiger partial charge is 0.313 e. The normalized spacial score (nSPS) is 10.6. The van der Waals surface area contributed by atoms with E-state index in [0.29, 0.717) is 0 Å². The Kier molecular flexibility index (Phi) is 4.82. The van der Waals surface area contributed by atoms with Crippen molar-refractivity contribution in [1.82, 2.24) is 10.3 Å². The van der Waals surface area contributed by atoms with Gasteiger partial charge >= 0.3 is 0 Å². The van der Waals surface area contributed by atoms with Crippen molar-refractivity contribution in [1.29, 1.82) is 0 Å². The van der Waals surface area contributed by atoms with Gasteiger partial charge in [-0.1, -0.05) is 6.08 Å². The summed E-state index contributed by atoms with van der Waals surface area (Å²) in [6.45, 7) is 7.42. The quantitative estimate of drug-likeness (QED) is 0.644. The molecule has 0 saturated carbocycles. The number of hydrogen-bond donors (Lipinski definition) is 1. The number of aryl methyl sites for hydroxylation is 1. The third kappa shape index (κ3) is 3.72. The van der Waals surface area contributed by atoms with E-state index < -0.39 is 0 Å². The van der Waals surface area contributed by atoms with Gasteiger partial charge in [-0.25, -0.2) is 9.37 Å². The zero-order valence-corrected chi connectivity index (χ0v) is 11.8. The fourth-order valence-corrected chi connectivity index (χ4v) is 2.79. The second-order valence-electron chi connectivity index (χ2n) is 4.26. The number of hydrogen-bond acceptors (Lipinski definition) is 3. The first kappa shape index (κ1) is 13.9. The molecule has 1 N–H and O–H groups in total. The molecule has 1 aromatic heterocycles. The van der Waals surface area contributed by atoms with Gasteiger partial charge < -0.3 is 5.32 Å². The van der Waals surface area contributed by atoms with Crippen LogP contribution in [0.3, 0.4) is 0 Å². The summed E-state index contributed by atoms with van der Waals surface area (Å²) >= 11 is 1.70. The van der Waals surface area contributed by atoms with E-state index in [9.17, 15) is 4.39 Å². The maximum absolute atomic E-state index is 12.9. The third-order valence-electron chi connectivity index (χ3n) is 2.76. The van der Waals surface area contributed by atoms with Crippen molar-refractivity contribution >= 4 is 11.3 Å². The van der Waals surface area contributed by atoms with E-state index in [1.807, 2.05) is 6.08 Å². The summed E-state index contributed by atoms with van der Waals surface area (Å²) in [5, 5.41) is 4.36. The predicted molar refractivity (Wildman–Crippen MR) is 79.0 cm³/mol. The number of benzene rings is 1. The summed E-state index contributed by atoms with van der Waals surface area (Å²) in [4.78, 5) is 5.81. The monoisotopic (exact) mass is 276 g/mol. The van der Waals surface area contributed by atoms with E-state index in [1.165, 1.54) is 17.0 Å². The van der Waals surface area contributed by atoms with Gasteiger partial charge in [-0.3, -0.25) is 0 Å². The van der Waals surface area contributed by atoms with Gasteiger partial charge in [0.25, 0.3) is 0 Å². The van der Waals surface area contributed by atoms with Crippen molar-refractivity contribution in [2.45, 2.75) is 13.3 Å². The Balaban J connectivity index is 2.08. The molecular formula is C15H17FN2S. The Morgan fingerprint density at radius 2 is 2.11 bits per heavy atom. The number of aromatic nitrogens is 1. The highest BCUT2D eigenvalue weighted by atomic mass is 32.1. The van der Waals surface area contributed by atoms with Gasteiger partial charge in [0.1, 0.15) is 5.82 Å². The fraction of sp³-hybridized carbons (Fsp3) is 0.267. The highest BCUT2D eigenvalue weighted by Crippen LogP contribution is 2.27. The van der Waals surface area contributed by atoms with Crippen LogP contribution in [-0.4, -0.2) is 18.1 Å². The van der Waals surface area contributed by atoms with E-state index in [4.69, 9.17) is 0 Å². The molecule has 0 bridgehead atoms. The van der Waals surface area contributed by atoms with Crippen LogP contribution in [0.1, 0.15) is 9.88 Å². The average Bonchev–Trinajstić information content (AvgIpc) is 2.77. The number of rotatable bonds is 6. The fourth-order valence-electron chi connectivity index (χ4n) is 1.83. The average molecular weight is 276 g/mol. The van der Waals surface area contributed by atoms with Gasteiger partial charge in [0.15, 0.2) is 0 Å². The molecule has 4 heteroatoms. The van der Waals surface area contributed by atoms with Crippen LogP contribution >= 0.6 is 11.3 Å². The summed E-state index contributed by atoms with van der Waals surface area (Å²) in [7, 11) is 0. The SMILES string of the molecule is C=CCNCCc1nc(-c2ccc(F)cc2)c(C)s1. The van der Waals surface area contributed by atoms with E-state index in [2.05, 4.69) is 23.8 Å². The molecule has 0 amide bonds. The molecular weight excluding hydrogens is 259 g/mol. The van der Waals surface area contributed by atoms with Crippen LogP contribution < -0.4 is 5.32 Å². The molecule has 2 aromatic rings. The van der Waals surface area contributed by atoms with Crippen LogP contribution in [0.25, 0.3) is 11.3 Å².